The minimum atomic E-state index is -1.29. The second kappa shape index (κ2) is 5.93. The van der Waals surface area contributed by atoms with E-state index in [4.69, 9.17) is 9.47 Å². The number of aryl methyl sites for hydroxylation is 1. The van der Waals surface area contributed by atoms with Crippen molar-refractivity contribution in [3.63, 3.8) is 0 Å². The Hall–Kier alpha value is -1.75. The van der Waals surface area contributed by atoms with Gasteiger partial charge in [-0.2, -0.15) is 0 Å². The Kier molecular flexibility index (Phi) is 4.27. The zero-order valence-corrected chi connectivity index (χ0v) is 11.1. The van der Waals surface area contributed by atoms with Crippen LogP contribution in [-0.2, 0) is 16.0 Å². The van der Waals surface area contributed by atoms with Gasteiger partial charge in [-0.25, -0.2) is 4.79 Å². The molecular formula is C14H18O5. The summed E-state index contributed by atoms with van der Waals surface area (Å²) < 4.78 is 15.7. The van der Waals surface area contributed by atoms with Gasteiger partial charge in [-0.15, -0.1) is 0 Å². The summed E-state index contributed by atoms with van der Waals surface area (Å²) in [6.45, 7) is 3.12. The Morgan fingerprint density at radius 1 is 1.37 bits per heavy atom. The van der Waals surface area contributed by atoms with Crippen LogP contribution in [0.1, 0.15) is 30.6 Å². The van der Waals surface area contributed by atoms with Crippen molar-refractivity contribution in [1.29, 1.82) is 0 Å². The minimum absolute atomic E-state index is 0.513. The summed E-state index contributed by atoms with van der Waals surface area (Å²) in [4.78, 5) is 11.5. The molecule has 1 heterocycles. The molecule has 0 saturated heterocycles. The third-order valence-electron chi connectivity index (χ3n) is 3.11. The molecule has 1 aromatic carbocycles. The molecule has 0 radical (unpaired) electrons. The number of esters is 1. The molecule has 0 aromatic heterocycles. The number of carbonyl (C=O) groups excluding carboxylic acids is 1. The Bertz CT molecular complexity index is 469. The fourth-order valence-corrected chi connectivity index (χ4v) is 2.07. The van der Waals surface area contributed by atoms with Crippen molar-refractivity contribution in [3.8, 4) is 11.5 Å². The Balaban J connectivity index is 2.42. The van der Waals surface area contributed by atoms with Crippen LogP contribution >= 0.6 is 0 Å². The molecule has 1 unspecified atom stereocenters. The van der Waals surface area contributed by atoms with Crippen LogP contribution in [0.5, 0.6) is 11.5 Å². The summed E-state index contributed by atoms with van der Waals surface area (Å²) in [6.07, 6.45) is 0.197. The summed E-state index contributed by atoms with van der Waals surface area (Å²) in [5, 5.41) is 10.0. The quantitative estimate of drug-likeness (QED) is 0.842. The smallest absolute Gasteiger partial charge is 0.339 e. The highest BCUT2D eigenvalue weighted by Gasteiger charge is 2.24. The summed E-state index contributed by atoms with van der Waals surface area (Å²) in [5.41, 5.74) is 1.36. The summed E-state index contributed by atoms with van der Waals surface area (Å²) >= 11 is 0. The molecule has 0 fully saturated rings. The predicted octanol–water partition coefficient (Wildman–Crippen LogP) is 1.62. The van der Waals surface area contributed by atoms with Crippen molar-refractivity contribution in [2.75, 3.05) is 20.3 Å². The van der Waals surface area contributed by atoms with Crippen LogP contribution in [0.2, 0.25) is 0 Å². The molecule has 0 bridgehead atoms. The van der Waals surface area contributed by atoms with Crippen LogP contribution in [0.3, 0.4) is 0 Å². The third-order valence-corrected chi connectivity index (χ3v) is 3.11. The fraction of sp³-hybridized carbons (Fsp3) is 0.500. The highest BCUT2D eigenvalue weighted by atomic mass is 16.5. The molecule has 1 aromatic rings. The van der Waals surface area contributed by atoms with E-state index in [1.807, 2.05) is 13.0 Å². The summed E-state index contributed by atoms with van der Waals surface area (Å²) in [5.74, 6) is 0.548. The number of hydrogen-bond acceptors (Lipinski definition) is 5. The number of carbonyl (C=O) groups is 1. The maximum absolute atomic E-state index is 11.5. The summed E-state index contributed by atoms with van der Waals surface area (Å²) in [6, 6.07) is 3.49. The second-order valence-corrected chi connectivity index (χ2v) is 4.33. The standard InChI is InChI=1S/C14H18O5/c1-3-9-7-11-12(19-6-4-5-18-11)8-10(9)13(15)14(16)17-2/h7-8,13,15H,3-6H2,1-2H3. The van der Waals surface area contributed by atoms with Crippen LogP contribution in [0, 0.1) is 0 Å². The van der Waals surface area contributed by atoms with Gasteiger partial charge in [-0.05, 0) is 29.7 Å². The van der Waals surface area contributed by atoms with Crippen LogP contribution in [0.15, 0.2) is 12.1 Å². The largest absolute Gasteiger partial charge is 0.490 e. The highest BCUT2D eigenvalue weighted by molar-refractivity contribution is 5.77. The number of fused-ring (bicyclic) bond motifs is 1. The van der Waals surface area contributed by atoms with Gasteiger partial charge < -0.3 is 19.3 Å². The lowest BCUT2D eigenvalue weighted by atomic mass is 9.99. The lowest BCUT2D eigenvalue weighted by molar-refractivity contribution is -0.150. The summed E-state index contributed by atoms with van der Waals surface area (Å²) in [7, 11) is 1.25. The van der Waals surface area contributed by atoms with Gasteiger partial charge >= 0.3 is 5.97 Å². The lowest BCUT2D eigenvalue weighted by Gasteiger charge is -2.16. The topological polar surface area (TPSA) is 65.0 Å². The van der Waals surface area contributed by atoms with E-state index in [1.165, 1.54) is 7.11 Å². The number of ether oxygens (including phenoxy) is 3. The monoisotopic (exact) mass is 266 g/mol. The Morgan fingerprint density at radius 2 is 2.00 bits per heavy atom. The normalized spacial score (nSPS) is 15.5. The third kappa shape index (κ3) is 2.81. The van der Waals surface area contributed by atoms with Gasteiger partial charge in [0.2, 0.25) is 0 Å². The van der Waals surface area contributed by atoms with Crippen molar-refractivity contribution < 1.29 is 24.1 Å². The molecule has 19 heavy (non-hydrogen) atoms. The van der Waals surface area contributed by atoms with Crippen molar-refractivity contribution >= 4 is 5.97 Å². The van der Waals surface area contributed by atoms with Crippen LogP contribution < -0.4 is 9.47 Å². The Morgan fingerprint density at radius 3 is 2.58 bits per heavy atom. The number of methoxy groups -OCH3 is 1. The van der Waals surface area contributed by atoms with Gasteiger partial charge in [0, 0.05) is 6.42 Å². The molecule has 0 saturated carbocycles. The first-order chi connectivity index (χ1) is 9.17. The Labute approximate surface area is 112 Å². The first kappa shape index (κ1) is 13.7. The molecule has 1 atom stereocenters. The van der Waals surface area contributed by atoms with E-state index in [0.29, 0.717) is 36.7 Å². The SMILES string of the molecule is CCc1cc2c(cc1C(O)C(=O)OC)OCCCO2. The molecule has 1 aliphatic rings. The molecule has 0 aliphatic carbocycles. The van der Waals surface area contributed by atoms with Gasteiger partial charge in [0.15, 0.2) is 17.6 Å². The van der Waals surface area contributed by atoms with Crippen molar-refractivity contribution in [1.82, 2.24) is 0 Å². The van der Waals surface area contributed by atoms with Crippen LogP contribution in [0.25, 0.3) is 0 Å². The molecule has 1 N–H and O–H groups in total. The van der Waals surface area contributed by atoms with Gasteiger partial charge in [0.05, 0.1) is 20.3 Å². The zero-order valence-electron chi connectivity index (χ0n) is 11.1. The average Bonchev–Trinajstić information content (AvgIpc) is 2.68. The first-order valence-corrected chi connectivity index (χ1v) is 6.35. The van der Waals surface area contributed by atoms with E-state index in [2.05, 4.69) is 4.74 Å². The predicted molar refractivity (Wildman–Crippen MR) is 68.4 cm³/mol. The van der Waals surface area contributed by atoms with Crippen molar-refractivity contribution in [3.05, 3.63) is 23.3 Å². The molecule has 1 aliphatic heterocycles. The van der Waals surface area contributed by atoms with Crippen molar-refractivity contribution in [2.45, 2.75) is 25.9 Å². The molecule has 5 heteroatoms. The van der Waals surface area contributed by atoms with E-state index in [9.17, 15) is 9.90 Å². The van der Waals surface area contributed by atoms with E-state index < -0.39 is 12.1 Å². The van der Waals surface area contributed by atoms with E-state index in [0.717, 1.165) is 12.0 Å². The van der Waals surface area contributed by atoms with Crippen LogP contribution in [-0.4, -0.2) is 31.4 Å². The van der Waals surface area contributed by atoms with Gasteiger partial charge in [0.1, 0.15) is 0 Å². The first-order valence-electron chi connectivity index (χ1n) is 6.35. The number of aliphatic hydroxyl groups excluding tert-OH is 1. The maximum atomic E-state index is 11.5. The maximum Gasteiger partial charge on any atom is 0.339 e. The van der Waals surface area contributed by atoms with E-state index >= 15 is 0 Å². The number of rotatable bonds is 3. The van der Waals surface area contributed by atoms with Gasteiger partial charge in [0.25, 0.3) is 0 Å². The molecule has 0 amide bonds. The zero-order chi connectivity index (χ0) is 13.8. The van der Waals surface area contributed by atoms with Crippen LogP contribution in [0.4, 0.5) is 0 Å². The fourth-order valence-electron chi connectivity index (χ4n) is 2.07. The van der Waals surface area contributed by atoms with Gasteiger partial charge in [-0.1, -0.05) is 6.92 Å². The molecule has 2 rings (SSSR count). The number of hydrogen-bond donors (Lipinski definition) is 1. The minimum Gasteiger partial charge on any atom is -0.490 e. The second-order valence-electron chi connectivity index (χ2n) is 4.33. The average molecular weight is 266 g/mol. The molecule has 104 valence electrons. The molecular weight excluding hydrogens is 248 g/mol. The number of aliphatic hydroxyl groups is 1. The molecule has 0 spiro atoms. The molecule has 5 nitrogen and oxygen atoms in total. The van der Waals surface area contributed by atoms with Crippen molar-refractivity contribution in [2.24, 2.45) is 0 Å². The van der Waals surface area contributed by atoms with E-state index in [-0.39, 0.29) is 0 Å². The lowest BCUT2D eigenvalue weighted by Crippen LogP contribution is -2.15. The number of benzene rings is 1. The van der Waals surface area contributed by atoms with E-state index in [1.54, 1.807) is 6.07 Å². The highest BCUT2D eigenvalue weighted by Crippen LogP contribution is 2.35. The van der Waals surface area contributed by atoms with Gasteiger partial charge in [-0.3, -0.25) is 0 Å².